The van der Waals surface area contributed by atoms with E-state index in [1.54, 1.807) is 0 Å². The molecule has 1 aliphatic heterocycles. The van der Waals surface area contributed by atoms with Crippen LogP contribution in [0.2, 0.25) is 0 Å². The van der Waals surface area contributed by atoms with Crippen LogP contribution in [0.5, 0.6) is 0 Å². The first-order valence-electron chi connectivity index (χ1n) is 8.11. The summed E-state index contributed by atoms with van der Waals surface area (Å²) >= 11 is 0. The minimum atomic E-state index is -0.282. The molecule has 2 rings (SSSR count). The smallest absolute Gasteiger partial charge is 0.267 e. The van der Waals surface area contributed by atoms with E-state index in [0.29, 0.717) is 12.5 Å². The summed E-state index contributed by atoms with van der Waals surface area (Å²) in [6.45, 7) is 5.87. The van der Waals surface area contributed by atoms with Crippen LogP contribution in [-0.2, 0) is 11.3 Å². The van der Waals surface area contributed by atoms with Gasteiger partial charge in [-0.2, -0.15) is 0 Å². The van der Waals surface area contributed by atoms with Gasteiger partial charge in [0.25, 0.3) is 5.91 Å². The number of benzene rings is 1. The maximum Gasteiger partial charge on any atom is 0.267 e. The summed E-state index contributed by atoms with van der Waals surface area (Å²) in [7, 11) is 0. The van der Waals surface area contributed by atoms with Crippen molar-refractivity contribution in [3.05, 3.63) is 47.2 Å². The predicted molar refractivity (Wildman–Crippen MR) is 93.2 cm³/mol. The Hall–Kier alpha value is -2.14. The van der Waals surface area contributed by atoms with Crippen molar-refractivity contribution in [3.8, 4) is 0 Å². The first kappa shape index (κ1) is 17.2. The number of allylic oxidation sites excluding steroid dienone is 1. The van der Waals surface area contributed by atoms with Crippen molar-refractivity contribution in [1.82, 2.24) is 10.2 Å². The molecular weight excluding hydrogens is 288 g/mol. The SMILES string of the molecule is Cc1ccc(CN2CCC(CNC(=O)/C(N)=C/C=N)CC2)cc1. The minimum Gasteiger partial charge on any atom is -0.394 e. The van der Waals surface area contributed by atoms with Crippen LogP contribution in [0.3, 0.4) is 0 Å². The van der Waals surface area contributed by atoms with Crippen LogP contribution in [0.4, 0.5) is 0 Å². The van der Waals surface area contributed by atoms with Gasteiger partial charge in [-0.05, 0) is 50.4 Å². The molecule has 0 atom stereocenters. The molecule has 0 unspecified atom stereocenters. The van der Waals surface area contributed by atoms with E-state index in [2.05, 4.69) is 41.4 Å². The first-order chi connectivity index (χ1) is 11.1. The van der Waals surface area contributed by atoms with Crippen molar-refractivity contribution in [2.75, 3.05) is 19.6 Å². The number of hydrogen-bond donors (Lipinski definition) is 3. The second kappa shape index (κ2) is 8.48. The average Bonchev–Trinajstić information content (AvgIpc) is 2.56. The summed E-state index contributed by atoms with van der Waals surface area (Å²) in [5, 5.41) is 9.77. The number of carbonyl (C=O) groups is 1. The second-order valence-electron chi connectivity index (χ2n) is 6.20. The van der Waals surface area contributed by atoms with Gasteiger partial charge in [0.05, 0.1) is 5.70 Å². The quantitative estimate of drug-likeness (QED) is 0.553. The fourth-order valence-electron chi connectivity index (χ4n) is 2.80. The molecule has 1 saturated heterocycles. The first-order valence-corrected chi connectivity index (χ1v) is 8.11. The number of carbonyl (C=O) groups excluding carboxylic acids is 1. The van der Waals surface area contributed by atoms with E-state index in [9.17, 15) is 4.79 Å². The molecule has 1 heterocycles. The Labute approximate surface area is 138 Å². The van der Waals surface area contributed by atoms with Crippen molar-refractivity contribution in [3.63, 3.8) is 0 Å². The van der Waals surface area contributed by atoms with Gasteiger partial charge in [-0.25, -0.2) is 0 Å². The zero-order valence-electron chi connectivity index (χ0n) is 13.7. The van der Waals surface area contributed by atoms with Crippen molar-refractivity contribution in [2.24, 2.45) is 11.7 Å². The van der Waals surface area contributed by atoms with Crippen LogP contribution in [-0.4, -0.2) is 36.7 Å². The summed E-state index contributed by atoms with van der Waals surface area (Å²) in [5.41, 5.74) is 8.29. The lowest BCUT2D eigenvalue weighted by Gasteiger charge is -2.32. The molecule has 1 aliphatic rings. The second-order valence-corrected chi connectivity index (χ2v) is 6.20. The van der Waals surface area contributed by atoms with E-state index in [1.165, 1.54) is 17.2 Å². The summed E-state index contributed by atoms with van der Waals surface area (Å²) < 4.78 is 0. The van der Waals surface area contributed by atoms with Crippen molar-refractivity contribution in [1.29, 1.82) is 5.41 Å². The van der Waals surface area contributed by atoms with E-state index in [0.717, 1.165) is 38.7 Å². The van der Waals surface area contributed by atoms with Crippen LogP contribution in [0, 0.1) is 18.3 Å². The molecule has 0 spiro atoms. The number of likely N-dealkylation sites (tertiary alicyclic amines) is 1. The third-order valence-electron chi connectivity index (χ3n) is 4.31. The molecule has 1 aromatic rings. The number of aryl methyl sites for hydroxylation is 1. The maximum atomic E-state index is 11.7. The molecule has 1 aromatic carbocycles. The molecule has 1 fully saturated rings. The Kier molecular flexibility index (Phi) is 6.35. The largest absolute Gasteiger partial charge is 0.394 e. The third kappa shape index (κ3) is 5.53. The zero-order valence-corrected chi connectivity index (χ0v) is 13.7. The highest BCUT2D eigenvalue weighted by molar-refractivity contribution is 5.95. The van der Waals surface area contributed by atoms with Crippen LogP contribution < -0.4 is 11.1 Å². The van der Waals surface area contributed by atoms with E-state index in [-0.39, 0.29) is 11.6 Å². The van der Waals surface area contributed by atoms with Gasteiger partial charge in [-0.1, -0.05) is 29.8 Å². The molecule has 0 bridgehead atoms. The molecule has 1 amide bonds. The number of hydrogen-bond acceptors (Lipinski definition) is 4. The number of nitrogens with one attached hydrogen (secondary N) is 2. The molecule has 124 valence electrons. The summed E-state index contributed by atoms with van der Waals surface area (Å²) in [6, 6.07) is 8.70. The van der Waals surface area contributed by atoms with Gasteiger partial charge in [0.15, 0.2) is 0 Å². The zero-order chi connectivity index (χ0) is 16.7. The normalized spacial score (nSPS) is 17.0. The third-order valence-corrected chi connectivity index (χ3v) is 4.31. The van der Waals surface area contributed by atoms with Gasteiger partial charge in [0.1, 0.15) is 0 Å². The molecule has 0 aromatic heterocycles. The van der Waals surface area contributed by atoms with Crippen LogP contribution in [0.15, 0.2) is 36.0 Å². The lowest BCUT2D eigenvalue weighted by atomic mass is 9.96. The number of piperidine rings is 1. The topological polar surface area (TPSA) is 82.2 Å². The summed E-state index contributed by atoms with van der Waals surface area (Å²) in [4.78, 5) is 14.2. The monoisotopic (exact) mass is 314 g/mol. The molecule has 5 heteroatoms. The lowest BCUT2D eigenvalue weighted by Crippen LogP contribution is -2.39. The van der Waals surface area contributed by atoms with Gasteiger partial charge in [-0.15, -0.1) is 0 Å². The van der Waals surface area contributed by atoms with Gasteiger partial charge < -0.3 is 16.5 Å². The van der Waals surface area contributed by atoms with Crippen molar-refractivity contribution < 1.29 is 4.79 Å². The molecule has 0 aliphatic carbocycles. The van der Waals surface area contributed by atoms with Crippen molar-refractivity contribution >= 4 is 12.1 Å². The predicted octanol–water partition coefficient (Wildman–Crippen LogP) is 1.82. The minimum absolute atomic E-state index is 0.0943. The molecule has 4 N–H and O–H groups in total. The molecule has 5 nitrogen and oxygen atoms in total. The number of nitrogens with two attached hydrogens (primary N) is 1. The molecule has 0 radical (unpaired) electrons. The Bertz CT molecular complexity index is 557. The highest BCUT2D eigenvalue weighted by atomic mass is 16.1. The Balaban J connectivity index is 1.71. The van der Waals surface area contributed by atoms with E-state index >= 15 is 0 Å². The average molecular weight is 314 g/mol. The van der Waals surface area contributed by atoms with Gasteiger partial charge in [0.2, 0.25) is 0 Å². The fraction of sp³-hybridized carbons (Fsp3) is 0.444. The Morgan fingerprint density at radius 2 is 2.00 bits per heavy atom. The molecule has 23 heavy (non-hydrogen) atoms. The molecular formula is C18H26N4O. The van der Waals surface area contributed by atoms with Crippen LogP contribution in [0.1, 0.15) is 24.0 Å². The lowest BCUT2D eigenvalue weighted by molar-refractivity contribution is -0.117. The van der Waals surface area contributed by atoms with Crippen molar-refractivity contribution in [2.45, 2.75) is 26.3 Å². The Morgan fingerprint density at radius 1 is 1.35 bits per heavy atom. The Morgan fingerprint density at radius 3 is 2.61 bits per heavy atom. The number of amides is 1. The van der Waals surface area contributed by atoms with Gasteiger partial charge >= 0.3 is 0 Å². The highest BCUT2D eigenvalue weighted by Gasteiger charge is 2.20. The number of rotatable bonds is 6. The van der Waals surface area contributed by atoms with E-state index < -0.39 is 0 Å². The molecule has 0 saturated carbocycles. The maximum absolute atomic E-state index is 11.7. The fourth-order valence-corrected chi connectivity index (χ4v) is 2.80. The van der Waals surface area contributed by atoms with Crippen LogP contribution in [0.25, 0.3) is 0 Å². The number of nitrogens with zero attached hydrogens (tertiary/aromatic N) is 1. The van der Waals surface area contributed by atoms with E-state index in [1.807, 2.05) is 0 Å². The standard InChI is InChI=1S/C18H26N4O/c1-14-2-4-16(5-3-14)13-22-10-7-15(8-11-22)12-21-18(23)17(20)6-9-19/h2-6,9,15,19H,7-8,10-13,20H2,1H3,(H,21,23)/b17-6-,19-9?. The summed E-state index contributed by atoms with van der Waals surface area (Å²) in [6.07, 6.45) is 4.50. The van der Waals surface area contributed by atoms with Gasteiger partial charge in [-0.3, -0.25) is 9.69 Å². The summed E-state index contributed by atoms with van der Waals surface area (Å²) in [5.74, 6) is 0.219. The highest BCUT2D eigenvalue weighted by Crippen LogP contribution is 2.18. The van der Waals surface area contributed by atoms with Crippen LogP contribution >= 0.6 is 0 Å². The van der Waals surface area contributed by atoms with Gasteiger partial charge in [0, 0.05) is 19.3 Å². The van der Waals surface area contributed by atoms with E-state index in [4.69, 9.17) is 11.1 Å².